The van der Waals surface area contributed by atoms with Gasteiger partial charge in [-0.1, -0.05) is 48.0 Å². The number of fused-ring (bicyclic) bond motifs is 1. The highest BCUT2D eigenvalue weighted by atomic mass is 32.2. The van der Waals surface area contributed by atoms with E-state index in [1.54, 1.807) is 43.3 Å². The van der Waals surface area contributed by atoms with E-state index in [9.17, 15) is 21.6 Å². The van der Waals surface area contributed by atoms with E-state index in [-0.39, 0.29) is 22.5 Å². The van der Waals surface area contributed by atoms with Crippen LogP contribution in [-0.2, 0) is 22.8 Å². The van der Waals surface area contributed by atoms with Gasteiger partial charge in [0.15, 0.2) is 5.65 Å². The van der Waals surface area contributed by atoms with Crippen LogP contribution in [0.2, 0.25) is 0 Å². The maximum absolute atomic E-state index is 13.7. The molecule has 0 aliphatic carbocycles. The van der Waals surface area contributed by atoms with Crippen molar-refractivity contribution < 1.29 is 25.8 Å². The van der Waals surface area contributed by atoms with Crippen LogP contribution in [0, 0.1) is 6.92 Å². The van der Waals surface area contributed by atoms with Crippen LogP contribution in [-0.4, -0.2) is 23.2 Å². The zero-order valence-corrected chi connectivity index (χ0v) is 17.0. The summed E-state index contributed by atoms with van der Waals surface area (Å²) in [6.45, 7) is 1.93. The normalized spacial score (nSPS) is 12.3. The molecule has 0 unspecified atom stereocenters. The SMILES string of the molecule is Cc1ccc(S(=O)(=O)Oc2cc(C(F)(F)F)c3cnn(Cc4ccccc4)c3n2)cc1. The third-order valence-corrected chi connectivity index (χ3v) is 5.81. The number of alkyl halides is 3. The topological polar surface area (TPSA) is 74.1 Å². The predicted molar refractivity (Wildman–Crippen MR) is 107 cm³/mol. The molecule has 0 N–H and O–H groups in total. The number of nitrogens with zero attached hydrogens (tertiary/aromatic N) is 3. The minimum absolute atomic E-state index is 0.132. The summed E-state index contributed by atoms with van der Waals surface area (Å²) in [5, 5.41) is 3.77. The quantitative estimate of drug-likeness (QED) is 0.419. The van der Waals surface area contributed by atoms with Gasteiger partial charge in [-0.15, -0.1) is 0 Å². The summed E-state index contributed by atoms with van der Waals surface area (Å²) < 4.78 is 72.3. The molecule has 0 amide bonds. The van der Waals surface area contributed by atoms with Crippen LogP contribution in [0.3, 0.4) is 0 Å². The van der Waals surface area contributed by atoms with Gasteiger partial charge in [-0.2, -0.15) is 31.7 Å². The molecule has 6 nitrogen and oxygen atoms in total. The molecule has 0 saturated heterocycles. The van der Waals surface area contributed by atoms with Gasteiger partial charge in [0, 0.05) is 6.07 Å². The van der Waals surface area contributed by atoms with Crippen molar-refractivity contribution in [1.29, 1.82) is 0 Å². The number of aromatic nitrogens is 3. The number of halogens is 3. The fourth-order valence-corrected chi connectivity index (χ4v) is 3.92. The van der Waals surface area contributed by atoms with Crippen LogP contribution >= 0.6 is 0 Å². The lowest BCUT2D eigenvalue weighted by molar-refractivity contribution is -0.136. The van der Waals surface area contributed by atoms with Crippen LogP contribution < -0.4 is 4.18 Å². The van der Waals surface area contributed by atoms with Crippen LogP contribution in [0.1, 0.15) is 16.7 Å². The molecule has 10 heteroatoms. The smallest absolute Gasteiger partial charge is 0.358 e. The highest BCUT2D eigenvalue weighted by Gasteiger charge is 2.35. The number of rotatable bonds is 5. The highest BCUT2D eigenvalue weighted by molar-refractivity contribution is 7.87. The zero-order valence-electron chi connectivity index (χ0n) is 16.2. The molecule has 0 fully saturated rings. The van der Waals surface area contributed by atoms with Gasteiger partial charge < -0.3 is 4.18 Å². The monoisotopic (exact) mass is 447 g/mol. The Morgan fingerprint density at radius 1 is 1.03 bits per heavy atom. The average Bonchev–Trinajstić information content (AvgIpc) is 3.10. The maximum atomic E-state index is 13.7. The first kappa shape index (κ1) is 20.9. The zero-order chi connectivity index (χ0) is 22.2. The summed E-state index contributed by atoms with van der Waals surface area (Å²) in [5.74, 6) is -0.685. The molecule has 0 spiro atoms. The van der Waals surface area contributed by atoms with Crippen molar-refractivity contribution >= 4 is 21.2 Å². The maximum Gasteiger partial charge on any atom is 0.417 e. The second-order valence-electron chi connectivity index (χ2n) is 6.88. The largest absolute Gasteiger partial charge is 0.417 e. The van der Waals surface area contributed by atoms with E-state index in [2.05, 4.69) is 10.1 Å². The minimum Gasteiger partial charge on any atom is -0.358 e. The van der Waals surface area contributed by atoms with E-state index < -0.39 is 27.7 Å². The molecule has 4 aromatic rings. The van der Waals surface area contributed by atoms with Crippen LogP contribution in [0.25, 0.3) is 11.0 Å². The molecule has 0 aliphatic rings. The van der Waals surface area contributed by atoms with Gasteiger partial charge in [0.1, 0.15) is 4.90 Å². The molecule has 0 aliphatic heterocycles. The Morgan fingerprint density at radius 2 is 1.71 bits per heavy atom. The van der Waals surface area contributed by atoms with E-state index in [0.29, 0.717) is 6.07 Å². The number of pyridine rings is 1. The average molecular weight is 447 g/mol. The summed E-state index contributed by atoms with van der Waals surface area (Å²) >= 11 is 0. The first-order chi connectivity index (χ1) is 14.6. The Balaban J connectivity index is 1.80. The lowest BCUT2D eigenvalue weighted by Gasteiger charge is -2.12. The predicted octanol–water partition coefficient (Wildman–Crippen LogP) is 4.57. The molecular formula is C21H16F3N3O3S. The van der Waals surface area contributed by atoms with Crippen molar-refractivity contribution in [1.82, 2.24) is 14.8 Å². The van der Waals surface area contributed by atoms with Crippen LogP contribution in [0.5, 0.6) is 5.88 Å². The Morgan fingerprint density at radius 3 is 2.35 bits per heavy atom. The highest BCUT2D eigenvalue weighted by Crippen LogP contribution is 2.37. The van der Waals surface area contributed by atoms with Crippen molar-refractivity contribution in [3.05, 3.63) is 83.6 Å². The summed E-state index contributed by atoms with van der Waals surface area (Å²) in [4.78, 5) is 3.84. The fourth-order valence-electron chi connectivity index (χ4n) is 3.04. The summed E-state index contributed by atoms with van der Waals surface area (Å²) in [6, 6.07) is 15.3. The molecule has 0 saturated carbocycles. The van der Waals surface area contributed by atoms with Crippen LogP contribution in [0.4, 0.5) is 13.2 Å². The van der Waals surface area contributed by atoms with Crippen molar-refractivity contribution in [2.45, 2.75) is 24.5 Å². The van der Waals surface area contributed by atoms with Crippen molar-refractivity contribution in [3.8, 4) is 5.88 Å². The summed E-state index contributed by atoms with van der Waals surface area (Å²) in [7, 11) is -4.38. The lowest BCUT2D eigenvalue weighted by Crippen LogP contribution is -2.13. The lowest BCUT2D eigenvalue weighted by atomic mass is 10.2. The second-order valence-corrected chi connectivity index (χ2v) is 8.43. The molecule has 160 valence electrons. The van der Waals surface area contributed by atoms with Gasteiger partial charge >= 0.3 is 16.3 Å². The summed E-state index contributed by atoms with van der Waals surface area (Å²) in [6.07, 6.45) is -3.69. The molecule has 2 heterocycles. The van der Waals surface area contributed by atoms with Gasteiger partial charge in [-0.25, -0.2) is 4.68 Å². The summed E-state index contributed by atoms with van der Waals surface area (Å²) in [5.41, 5.74) is 0.405. The minimum atomic E-state index is -4.76. The van der Waals surface area contributed by atoms with Gasteiger partial charge in [0.25, 0.3) is 0 Å². The van der Waals surface area contributed by atoms with Gasteiger partial charge in [0.2, 0.25) is 5.88 Å². The number of hydrogen-bond donors (Lipinski definition) is 0. The Hall–Kier alpha value is -3.40. The van der Waals surface area contributed by atoms with Crippen molar-refractivity contribution in [2.75, 3.05) is 0 Å². The van der Waals surface area contributed by atoms with Gasteiger partial charge in [-0.05, 0) is 24.6 Å². The van der Waals surface area contributed by atoms with Gasteiger partial charge in [0.05, 0.1) is 23.7 Å². The van der Waals surface area contributed by atoms with E-state index in [4.69, 9.17) is 4.18 Å². The van der Waals surface area contributed by atoms with E-state index in [1.807, 2.05) is 6.07 Å². The second kappa shape index (κ2) is 7.69. The van der Waals surface area contributed by atoms with E-state index >= 15 is 0 Å². The van der Waals surface area contributed by atoms with Crippen molar-refractivity contribution in [3.63, 3.8) is 0 Å². The fraction of sp³-hybridized carbons (Fsp3) is 0.143. The standard InChI is InChI=1S/C21H16F3N3O3S/c1-14-7-9-16(10-8-14)31(28,29)30-19-11-18(21(22,23)24)17-12-25-27(20(17)26-19)13-15-5-3-2-4-6-15/h2-12H,13H2,1H3. The molecule has 0 radical (unpaired) electrons. The Bertz CT molecular complexity index is 1330. The number of benzene rings is 2. The third kappa shape index (κ3) is 4.38. The molecule has 2 aromatic carbocycles. The Kier molecular flexibility index (Phi) is 5.18. The van der Waals surface area contributed by atoms with E-state index in [1.165, 1.54) is 16.8 Å². The first-order valence-corrected chi connectivity index (χ1v) is 10.5. The number of aryl methyl sites for hydroxylation is 1. The first-order valence-electron chi connectivity index (χ1n) is 9.12. The molecule has 0 atom stereocenters. The molecule has 0 bridgehead atoms. The Labute approximate surface area is 176 Å². The molecule has 4 rings (SSSR count). The third-order valence-electron chi connectivity index (χ3n) is 4.57. The molecule has 2 aromatic heterocycles. The number of hydrogen-bond acceptors (Lipinski definition) is 5. The molecule has 31 heavy (non-hydrogen) atoms. The van der Waals surface area contributed by atoms with E-state index in [0.717, 1.165) is 17.3 Å². The van der Waals surface area contributed by atoms with Gasteiger partial charge in [-0.3, -0.25) is 0 Å². The molecular weight excluding hydrogens is 431 g/mol. The van der Waals surface area contributed by atoms with Crippen molar-refractivity contribution in [2.24, 2.45) is 0 Å². The van der Waals surface area contributed by atoms with Crippen LogP contribution in [0.15, 0.2) is 71.8 Å².